The predicted molar refractivity (Wildman–Crippen MR) is 71.3 cm³/mol. The minimum atomic E-state index is 0.0880. The molecule has 1 fully saturated rings. The molecule has 0 aliphatic carbocycles. The summed E-state index contributed by atoms with van der Waals surface area (Å²) in [6.45, 7) is 3.09. The van der Waals surface area contributed by atoms with Crippen molar-refractivity contribution in [3.63, 3.8) is 0 Å². The zero-order chi connectivity index (χ0) is 13.0. The maximum Gasteiger partial charge on any atom is 0.220 e. The number of aryl methyl sites for hydroxylation is 2. The van der Waals surface area contributed by atoms with E-state index in [1.165, 1.54) is 12.0 Å². The summed E-state index contributed by atoms with van der Waals surface area (Å²) in [5, 5.41) is 6.11. The number of hydrogen-bond acceptors (Lipinski definition) is 3. The lowest BCUT2D eigenvalue weighted by atomic mass is 10.0. The number of nitrogens with one attached hydrogen (secondary N) is 2. The monoisotopic (exact) mass is 247 g/mol. The summed E-state index contributed by atoms with van der Waals surface area (Å²) in [7, 11) is 1.67. The van der Waals surface area contributed by atoms with Crippen LogP contribution in [0, 0.1) is 6.92 Å². The Morgan fingerprint density at radius 2 is 2.39 bits per heavy atom. The minimum Gasteiger partial charge on any atom is -0.359 e. The number of carbonyl (C=O) groups excluding carboxylic acids is 1. The smallest absolute Gasteiger partial charge is 0.220 e. The first-order valence-corrected chi connectivity index (χ1v) is 6.60. The van der Waals surface area contributed by atoms with Crippen molar-refractivity contribution in [2.75, 3.05) is 13.6 Å². The van der Waals surface area contributed by atoms with Gasteiger partial charge in [-0.1, -0.05) is 0 Å². The molecule has 0 saturated carbocycles. The van der Waals surface area contributed by atoms with E-state index in [0.717, 1.165) is 30.8 Å². The van der Waals surface area contributed by atoms with Crippen LogP contribution in [-0.4, -0.2) is 24.5 Å². The standard InChI is InChI=1S/C14H21N3O/c1-10-8-11(5-6-14(18)15-2)9-13(17-10)12-4-3-7-16-12/h8-9,12,16H,3-7H2,1-2H3,(H,15,18)/t12-/m0/s1. The summed E-state index contributed by atoms with van der Waals surface area (Å²) in [6, 6.07) is 4.60. The molecular formula is C14H21N3O. The fraction of sp³-hybridized carbons (Fsp3) is 0.571. The summed E-state index contributed by atoms with van der Waals surface area (Å²) in [5.74, 6) is 0.0880. The molecule has 4 nitrogen and oxygen atoms in total. The number of carbonyl (C=O) groups is 1. The molecule has 1 aliphatic heterocycles. The van der Waals surface area contributed by atoms with Gasteiger partial charge in [-0.2, -0.15) is 0 Å². The van der Waals surface area contributed by atoms with E-state index in [-0.39, 0.29) is 5.91 Å². The van der Waals surface area contributed by atoms with Gasteiger partial charge in [0.1, 0.15) is 0 Å². The maximum atomic E-state index is 11.3. The molecule has 0 radical (unpaired) electrons. The quantitative estimate of drug-likeness (QED) is 0.847. The van der Waals surface area contributed by atoms with Crippen LogP contribution in [0.1, 0.15) is 42.3 Å². The van der Waals surface area contributed by atoms with Gasteiger partial charge in [-0.3, -0.25) is 9.78 Å². The number of hydrogen-bond donors (Lipinski definition) is 2. The molecule has 1 saturated heterocycles. The van der Waals surface area contributed by atoms with Crippen LogP contribution in [0.5, 0.6) is 0 Å². The Bertz CT molecular complexity index is 425. The van der Waals surface area contributed by atoms with E-state index in [9.17, 15) is 4.79 Å². The van der Waals surface area contributed by atoms with Crippen LogP contribution in [0.3, 0.4) is 0 Å². The van der Waals surface area contributed by atoms with Gasteiger partial charge in [0.2, 0.25) is 5.91 Å². The molecule has 1 aromatic rings. The van der Waals surface area contributed by atoms with Crippen molar-refractivity contribution in [2.24, 2.45) is 0 Å². The summed E-state index contributed by atoms with van der Waals surface area (Å²) in [6.07, 6.45) is 3.69. The zero-order valence-corrected chi connectivity index (χ0v) is 11.1. The molecule has 98 valence electrons. The van der Waals surface area contributed by atoms with Crippen LogP contribution in [0.2, 0.25) is 0 Å². The number of rotatable bonds is 4. The Labute approximate surface area is 108 Å². The van der Waals surface area contributed by atoms with E-state index in [0.29, 0.717) is 12.5 Å². The van der Waals surface area contributed by atoms with Crippen molar-refractivity contribution in [3.8, 4) is 0 Å². The van der Waals surface area contributed by atoms with Gasteiger partial charge in [0.05, 0.1) is 5.69 Å². The maximum absolute atomic E-state index is 11.3. The van der Waals surface area contributed by atoms with Crippen LogP contribution >= 0.6 is 0 Å². The van der Waals surface area contributed by atoms with Crippen LogP contribution < -0.4 is 10.6 Å². The third-order valence-corrected chi connectivity index (χ3v) is 3.37. The van der Waals surface area contributed by atoms with Crippen molar-refractivity contribution >= 4 is 5.91 Å². The fourth-order valence-corrected chi connectivity index (χ4v) is 2.41. The molecule has 2 heterocycles. The average molecular weight is 247 g/mol. The second kappa shape index (κ2) is 5.96. The lowest BCUT2D eigenvalue weighted by Gasteiger charge is -2.12. The Kier molecular flexibility index (Phi) is 4.31. The van der Waals surface area contributed by atoms with E-state index in [1.54, 1.807) is 7.05 Å². The Balaban J connectivity index is 2.08. The van der Waals surface area contributed by atoms with Gasteiger partial charge < -0.3 is 10.6 Å². The normalized spacial score (nSPS) is 18.9. The highest BCUT2D eigenvalue weighted by molar-refractivity contribution is 5.75. The minimum absolute atomic E-state index is 0.0880. The molecule has 1 aliphatic rings. The third-order valence-electron chi connectivity index (χ3n) is 3.37. The van der Waals surface area contributed by atoms with E-state index < -0.39 is 0 Å². The highest BCUT2D eigenvalue weighted by Gasteiger charge is 2.18. The van der Waals surface area contributed by atoms with Crippen molar-refractivity contribution < 1.29 is 4.79 Å². The number of nitrogens with zero attached hydrogens (tertiary/aromatic N) is 1. The molecule has 0 bridgehead atoms. The number of pyridine rings is 1. The van der Waals surface area contributed by atoms with Gasteiger partial charge in [0, 0.05) is 25.2 Å². The van der Waals surface area contributed by atoms with Crippen LogP contribution in [0.4, 0.5) is 0 Å². The lowest BCUT2D eigenvalue weighted by Crippen LogP contribution is -2.18. The molecule has 18 heavy (non-hydrogen) atoms. The van der Waals surface area contributed by atoms with Gasteiger partial charge in [-0.15, -0.1) is 0 Å². The molecule has 2 rings (SSSR count). The fourth-order valence-electron chi connectivity index (χ4n) is 2.41. The Morgan fingerprint density at radius 1 is 1.56 bits per heavy atom. The molecule has 0 spiro atoms. The first kappa shape index (κ1) is 13.0. The zero-order valence-electron chi connectivity index (χ0n) is 11.1. The highest BCUT2D eigenvalue weighted by atomic mass is 16.1. The molecule has 1 aromatic heterocycles. The van der Waals surface area contributed by atoms with E-state index in [1.807, 2.05) is 6.92 Å². The van der Waals surface area contributed by atoms with Crippen molar-refractivity contribution in [3.05, 3.63) is 29.1 Å². The molecular weight excluding hydrogens is 226 g/mol. The van der Waals surface area contributed by atoms with Gasteiger partial charge in [0.15, 0.2) is 0 Å². The van der Waals surface area contributed by atoms with E-state index in [4.69, 9.17) is 0 Å². The molecule has 0 unspecified atom stereocenters. The van der Waals surface area contributed by atoms with E-state index >= 15 is 0 Å². The van der Waals surface area contributed by atoms with Gasteiger partial charge >= 0.3 is 0 Å². The Hall–Kier alpha value is -1.42. The topological polar surface area (TPSA) is 54.0 Å². The third kappa shape index (κ3) is 3.29. The lowest BCUT2D eigenvalue weighted by molar-refractivity contribution is -0.120. The van der Waals surface area contributed by atoms with Crippen LogP contribution in [0.15, 0.2) is 12.1 Å². The first-order valence-electron chi connectivity index (χ1n) is 6.60. The van der Waals surface area contributed by atoms with Gasteiger partial charge in [-0.25, -0.2) is 0 Å². The summed E-state index contributed by atoms with van der Waals surface area (Å²) < 4.78 is 0. The summed E-state index contributed by atoms with van der Waals surface area (Å²) in [4.78, 5) is 15.9. The molecule has 4 heteroatoms. The van der Waals surface area contributed by atoms with Crippen molar-refractivity contribution in [1.29, 1.82) is 0 Å². The average Bonchev–Trinajstić information content (AvgIpc) is 2.89. The highest BCUT2D eigenvalue weighted by Crippen LogP contribution is 2.22. The molecule has 2 N–H and O–H groups in total. The predicted octanol–water partition coefficient (Wildman–Crippen LogP) is 1.49. The molecule has 0 aromatic carbocycles. The second-order valence-corrected chi connectivity index (χ2v) is 4.86. The summed E-state index contributed by atoms with van der Waals surface area (Å²) >= 11 is 0. The Morgan fingerprint density at radius 3 is 3.06 bits per heavy atom. The molecule has 1 atom stereocenters. The number of aromatic nitrogens is 1. The molecule has 1 amide bonds. The van der Waals surface area contributed by atoms with Crippen LogP contribution in [0.25, 0.3) is 0 Å². The first-order chi connectivity index (χ1) is 8.69. The van der Waals surface area contributed by atoms with Gasteiger partial charge in [-0.05, 0) is 50.4 Å². The van der Waals surface area contributed by atoms with E-state index in [2.05, 4.69) is 27.8 Å². The second-order valence-electron chi connectivity index (χ2n) is 4.86. The number of amides is 1. The van der Waals surface area contributed by atoms with Crippen LogP contribution in [-0.2, 0) is 11.2 Å². The SMILES string of the molecule is CNC(=O)CCc1cc(C)nc([C@@H]2CCCN2)c1. The largest absolute Gasteiger partial charge is 0.359 e. The van der Waals surface area contributed by atoms with Crippen molar-refractivity contribution in [2.45, 2.75) is 38.6 Å². The van der Waals surface area contributed by atoms with Gasteiger partial charge in [0.25, 0.3) is 0 Å². The van der Waals surface area contributed by atoms with Crippen molar-refractivity contribution in [1.82, 2.24) is 15.6 Å². The summed E-state index contributed by atoms with van der Waals surface area (Å²) in [5.41, 5.74) is 3.36.